The van der Waals surface area contributed by atoms with E-state index in [0.717, 1.165) is 18.9 Å². The van der Waals surface area contributed by atoms with Crippen molar-refractivity contribution < 1.29 is 0 Å². The Kier molecular flexibility index (Phi) is 1.38. The molecule has 0 radical (unpaired) electrons. The normalized spacial score (nSPS) is 16.2. The highest BCUT2D eigenvalue weighted by atomic mass is 15.2. The van der Waals surface area contributed by atoms with E-state index >= 15 is 0 Å². The summed E-state index contributed by atoms with van der Waals surface area (Å²) < 4.78 is 0. The fourth-order valence-corrected chi connectivity index (χ4v) is 1.13. The molecule has 4 nitrogen and oxygen atoms in total. The lowest BCUT2D eigenvalue weighted by molar-refractivity contribution is 0.610. The smallest absolute Gasteiger partial charge is 0.155 e. The molecule has 0 saturated carbocycles. The lowest BCUT2D eigenvalue weighted by atomic mass is 10.2. The number of nitrogens with two attached hydrogens (primary N) is 1. The van der Waals surface area contributed by atoms with Gasteiger partial charge in [-0.2, -0.15) is 0 Å². The van der Waals surface area contributed by atoms with E-state index in [4.69, 9.17) is 5.73 Å². The summed E-state index contributed by atoms with van der Waals surface area (Å²) in [5.74, 6) is 0.881. The molecular formula is C7H10N4. The summed E-state index contributed by atoms with van der Waals surface area (Å²) in [4.78, 5) is 10.1. The first-order chi connectivity index (χ1) is 5.38. The zero-order valence-corrected chi connectivity index (χ0v) is 6.20. The van der Waals surface area contributed by atoms with Crippen LogP contribution < -0.4 is 10.6 Å². The average molecular weight is 150 g/mol. The van der Waals surface area contributed by atoms with Crippen LogP contribution in [0.1, 0.15) is 6.42 Å². The second-order valence-electron chi connectivity index (χ2n) is 2.64. The van der Waals surface area contributed by atoms with Gasteiger partial charge in [-0.15, -0.1) is 0 Å². The molecule has 2 N–H and O–H groups in total. The monoisotopic (exact) mass is 150 g/mol. The van der Waals surface area contributed by atoms with E-state index in [1.54, 1.807) is 6.20 Å². The Morgan fingerprint density at radius 3 is 2.82 bits per heavy atom. The van der Waals surface area contributed by atoms with Crippen molar-refractivity contribution in [2.75, 3.05) is 23.7 Å². The Balaban J connectivity index is 2.28. The molecule has 0 spiro atoms. The first-order valence-corrected chi connectivity index (χ1v) is 3.68. The van der Waals surface area contributed by atoms with Gasteiger partial charge in [0.1, 0.15) is 6.33 Å². The molecule has 11 heavy (non-hydrogen) atoms. The lowest BCUT2D eigenvalue weighted by Gasteiger charge is -2.32. The third-order valence-electron chi connectivity index (χ3n) is 1.87. The van der Waals surface area contributed by atoms with Gasteiger partial charge in [-0.1, -0.05) is 0 Å². The third kappa shape index (κ3) is 1.00. The van der Waals surface area contributed by atoms with E-state index in [1.165, 1.54) is 12.7 Å². The van der Waals surface area contributed by atoms with Crippen molar-refractivity contribution >= 4 is 11.5 Å². The molecule has 0 atom stereocenters. The van der Waals surface area contributed by atoms with Gasteiger partial charge in [0, 0.05) is 13.1 Å². The Labute approximate surface area is 65.1 Å². The molecule has 0 unspecified atom stereocenters. The highest BCUT2D eigenvalue weighted by Crippen LogP contribution is 2.22. The minimum absolute atomic E-state index is 0.673. The van der Waals surface area contributed by atoms with E-state index in [0.29, 0.717) is 5.69 Å². The number of nitrogens with zero attached hydrogens (tertiary/aromatic N) is 3. The highest BCUT2D eigenvalue weighted by Gasteiger charge is 2.17. The third-order valence-corrected chi connectivity index (χ3v) is 1.87. The van der Waals surface area contributed by atoms with Crippen LogP contribution in [0.4, 0.5) is 11.5 Å². The maximum atomic E-state index is 5.66. The first-order valence-electron chi connectivity index (χ1n) is 3.68. The largest absolute Gasteiger partial charge is 0.394 e. The number of rotatable bonds is 1. The predicted molar refractivity (Wildman–Crippen MR) is 43.3 cm³/mol. The van der Waals surface area contributed by atoms with Gasteiger partial charge in [-0.05, 0) is 6.42 Å². The van der Waals surface area contributed by atoms with E-state index in [2.05, 4.69) is 14.9 Å². The SMILES string of the molecule is Nc1cncnc1N1CCC1. The quantitative estimate of drug-likeness (QED) is 0.624. The van der Waals surface area contributed by atoms with Crippen molar-refractivity contribution in [2.45, 2.75) is 6.42 Å². The van der Waals surface area contributed by atoms with Crippen molar-refractivity contribution in [3.8, 4) is 0 Å². The lowest BCUT2D eigenvalue weighted by Crippen LogP contribution is -2.38. The van der Waals surface area contributed by atoms with E-state index in [9.17, 15) is 0 Å². The summed E-state index contributed by atoms with van der Waals surface area (Å²) in [6.45, 7) is 2.14. The Bertz CT molecular complexity index is 256. The molecule has 2 rings (SSSR count). The molecule has 1 aliphatic heterocycles. The Morgan fingerprint density at radius 2 is 2.27 bits per heavy atom. The van der Waals surface area contributed by atoms with Crippen LogP contribution in [-0.2, 0) is 0 Å². The van der Waals surface area contributed by atoms with Gasteiger partial charge in [-0.3, -0.25) is 0 Å². The minimum Gasteiger partial charge on any atom is -0.394 e. The molecule has 1 fully saturated rings. The van der Waals surface area contributed by atoms with Crippen LogP contribution in [0.25, 0.3) is 0 Å². The van der Waals surface area contributed by atoms with Crippen LogP contribution in [-0.4, -0.2) is 23.1 Å². The van der Waals surface area contributed by atoms with E-state index < -0.39 is 0 Å². The summed E-state index contributed by atoms with van der Waals surface area (Å²) >= 11 is 0. The summed E-state index contributed by atoms with van der Waals surface area (Å²) in [6.07, 6.45) is 4.41. The second kappa shape index (κ2) is 2.38. The molecular weight excluding hydrogens is 140 g/mol. The van der Waals surface area contributed by atoms with Crippen molar-refractivity contribution in [2.24, 2.45) is 0 Å². The van der Waals surface area contributed by atoms with E-state index in [1.807, 2.05) is 0 Å². The topological polar surface area (TPSA) is 55.0 Å². The summed E-state index contributed by atoms with van der Waals surface area (Å²) in [6, 6.07) is 0. The van der Waals surface area contributed by atoms with Crippen molar-refractivity contribution in [1.29, 1.82) is 0 Å². The van der Waals surface area contributed by atoms with Gasteiger partial charge >= 0.3 is 0 Å². The number of hydrogen-bond donors (Lipinski definition) is 1. The fourth-order valence-electron chi connectivity index (χ4n) is 1.13. The summed E-state index contributed by atoms with van der Waals surface area (Å²) in [5, 5.41) is 0. The molecule has 58 valence electrons. The predicted octanol–water partition coefficient (Wildman–Crippen LogP) is 0.269. The Morgan fingerprint density at radius 1 is 1.45 bits per heavy atom. The fraction of sp³-hybridized carbons (Fsp3) is 0.429. The standard InChI is InChI=1S/C7H10N4/c8-6-4-9-5-10-7(6)11-2-1-3-11/h4-5H,1-3,8H2. The average Bonchev–Trinajstić information content (AvgIpc) is 1.90. The Hall–Kier alpha value is -1.32. The molecule has 2 heterocycles. The van der Waals surface area contributed by atoms with Crippen LogP contribution in [0, 0.1) is 0 Å². The molecule has 1 aromatic rings. The van der Waals surface area contributed by atoms with Gasteiger partial charge in [-0.25, -0.2) is 9.97 Å². The molecule has 4 heteroatoms. The molecule has 0 amide bonds. The van der Waals surface area contributed by atoms with Crippen LogP contribution in [0.15, 0.2) is 12.5 Å². The van der Waals surface area contributed by atoms with Crippen molar-refractivity contribution in [3.05, 3.63) is 12.5 Å². The van der Waals surface area contributed by atoms with E-state index in [-0.39, 0.29) is 0 Å². The van der Waals surface area contributed by atoms with Crippen LogP contribution >= 0.6 is 0 Å². The van der Waals surface area contributed by atoms with Crippen LogP contribution in [0.5, 0.6) is 0 Å². The molecule has 1 aromatic heterocycles. The van der Waals surface area contributed by atoms with Gasteiger partial charge in [0.25, 0.3) is 0 Å². The van der Waals surface area contributed by atoms with Gasteiger partial charge in [0.2, 0.25) is 0 Å². The van der Waals surface area contributed by atoms with Crippen molar-refractivity contribution in [3.63, 3.8) is 0 Å². The number of nitrogen functional groups attached to an aromatic ring is 1. The van der Waals surface area contributed by atoms with Crippen LogP contribution in [0.2, 0.25) is 0 Å². The maximum Gasteiger partial charge on any atom is 0.155 e. The number of hydrogen-bond acceptors (Lipinski definition) is 4. The second-order valence-corrected chi connectivity index (χ2v) is 2.64. The van der Waals surface area contributed by atoms with Crippen LogP contribution in [0.3, 0.4) is 0 Å². The van der Waals surface area contributed by atoms with Gasteiger partial charge < -0.3 is 10.6 Å². The summed E-state index contributed by atoms with van der Waals surface area (Å²) in [5.41, 5.74) is 6.34. The molecule has 1 saturated heterocycles. The zero-order valence-electron chi connectivity index (χ0n) is 6.20. The maximum absolute atomic E-state index is 5.66. The first kappa shape index (κ1) is 6.39. The van der Waals surface area contributed by atoms with Crippen molar-refractivity contribution in [1.82, 2.24) is 9.97 Å². The van der Waals surface area contributed by atoms with Gasteiger partial charge in [0.15, 0.2) is 5.82 Å². The minimum atomic E-state index is 0.673. The zero-order chi connectivity index (χ0) is 7.68. The summed E-state index contributed by atoms with van der Waals surface area (Å²) in [7, 11) is 0. The number of anilines is 2. The molecule has 0 bridgehead atoms. The molecule has 1 aliphatic rings. The highest BCUT2D eigenvalue weighted by molar-refractivity contribution is 5.61. The molecule has 0 aliphatic carbocycles. The molecule has 0 aromatic carbocycles. The van der Waals surface area contributed by atoms with Gasteiger partial charge in [0.05, 0.1) is 11.9 Å². The number of aromatic nitrogens is 2.